The number of Topliss-reactive ketones (excluding diaryl/α,β-unsaturated/α-hetero) is 1. The number of ketones is 1. The summed E-state index contributed by atoms with van der Waals surface area (Å²) >= 11 is 0. The van der Waals surface area contributed by atoms with Crippen molar-refractivity contribution in [2.24, 2.45) is 0 Å². The highest BCUT2D eigenvalue weighted by molar-refractivity contribution is 5.90. The van der Waals surface area contributed by atoms with E-state index in [0.717, 1.165) is 57.8 Å². The van der Waals surface area contributed by atoms with Gasteiger partial charge < -0.3 is 24.4 Å². The minimum atomic E-state index is -0.545. The summed E-state index contributed by atoms with van der Waals surface area (Å²) in [6, 6.07) is 0. The maximum atomic E-state index is 12.6. The average Bonchev–Trinajstić information content (AvgIpc) is 3.58. The van der Waals surface area contributed by atoms with Crippen LogP contribution in [0.15, 0.2) is 11.6 Å². The lowest BCUT2D eigenvalue weighted by atomic mass is 9.95. The largest absolute Gasteiger partial charge is 0.455 e. The van der Waals surface area contributed by atoms with E-state index in [4.69, 9.17) is 14.2 Å². The smallest absolute Gasteiger partial charge is 0.334 e. The Morgan fingerprint density at radius 1 is 0.810 bits per heavy atom. The van der Waals surface area contributed by atoms with Crippen molar-refractivity contribution < 1.29 is 34.0 Å². The monoisotopic (exact) mass is 592 g/mol. The molecule has 0 aliphatic carbocycles. The van der Waals surface area contributed by atoms with E-state index in [2.05, 4.69) is 6.92 Å². The molecule has 0 radical (unpaired) electrons. The molecule has 2 N–H and O–H groups in total. The van der Waals surface area contributed by atoms with Crippen LogP contribution >= 0.6 is 0 Å². The van der Waals surface area contributed by atoms with E-state index in [1.165, 1.54) is 57.8 Å². The first-order chi connectivity index (χ1) is 20.4. The third kappa shape index (κ3) is 13.2. The second kappa shape index (κ2) is 19.9. The number of carbonyl (C=O) groups is 2. The van der Waals surface area contributed by atoms with Gasteiger partial charge in [0.15, 0.2) is 0 Å². The van der Waals surface area contributed by atoms with E-state index in [0.29, 0.717) is 31.3 Å². The van der Waals surface area contributed by atoms with Gasteiger partial charge in [-0.25, -0.2) is 4.79 Å². The predicted octanol–water partition coefficient (Wildman–Crippen LogP) is 7.29. The van der Waals surface area contributed by atoms with Crippen LogP contribution in [-0.2, 0) is 23.8 Å². The van der Waals surface area contributed by atoms with Gasteiger partial charge in [0.05, 0.1) is 36.6 Å². The first-order valence-corrected chi connectivity index (χ1v) is 17.5. The lowest BCUT2D eigenvalue weighted by Crippen LogP contribution is -2.31. The van der Waals surface area contributed by atoms with E-state index < -0.39 is 12.2 Å². The molecule has 42 heavy (non-hydrogen) atoms. The van der Waals surface area contributed by atoms with Gasteiger partial charge in [-0.15, -0.1) is 0 Å². The summed E-state index contributed by atoms with van der Waals surface area (Å²) in [5.74, 6) is -0.0407. The molecule has 3 aliphatic rings. The van der Waals surface area contributed by atoms with E-state index in [-0.39, 0.29) is 42.3 Å². The summed E-state index contributed by atoms with van der Waals surface area (Å²) in [6.07, 6.45) is 21.9. The van der Waals surface area contributed by atoms with Gasteiger partial charge in [0.25, 0.3) is 0 Å². The molecule has 0 aromatic rings. The number of carbonyl (C=O) groups excluding carboxylic acids is 2. The number of aliphatic hydroxyl groups excluding tert-OH is 2. The Hall–Kier alpha value is -1.28. The van der Waals surface area contributed by atoms with Gasteiger partial charge in [-0.2, -0.15) is 0 Å². The first kappa shape index (κ1) is 35.2. The Kier molecular flexibility index (Phi) is 16.7. The Morgan fingerprint density at radius 2 is 1.38 bits per heavy atom. The highest BCUT2D eigenvalue weighted by Gasteiger charge is 2.34. The SMILES string of the molecule is CCCCCCCCCCCC[C@@H](O)[C@H]1CC[C@H]([C@H](O)CCCCC(=O)C[C@H]2CCC[C@@H](CC3=C[C@H](C)OC3=O)O2)O1. The molecule has 2 saturated heterocycles. The molecule has 7 heteroatoms. The van der Waals surface area contributed by atoms with E-state index in [9.17, 15) is 19.8 Å². The summed E-state index contributed by atoms with van der Waals surface area (Å²) < 4.78 is 17.4. The number of cyclic esters (lactones) is 1. The average molecular weight is 593 g/mol. The molecule has 242 valence electrons. The third-order valence-electron chi connectivity index (χ3n) is 9.33. The second-order valence-corrected chi connectivity index (χ2v) is 13.2. The molecule has 3 rings (SSSR count). The van der Waals surface area contributed by atoms with Gasteiger partial charge in [-0.1, -0.05) is 77.6 Å². The van der Waals surface area contributed by atoms with Crippen molar-refractivity contribution in [3.05, 3.63) is 11.6 Å². The molecule has 2 fully saturated rings. The van der Waals surface area contributed by atoms with Crippen LogP contribution in [0.1, 0.15) is 155 Å². The number of esters is 1. The fourth-order valence-electron chi connectivity index (χ4n) is 6.81. The number of hydrogen-bond acceptors (Lipinski definition) is 7. The summed E-state index contributed by atoms with van der Waals surface area (Å²) in [6.45, 7) is 4.11. The van der Waals surface area contributed by atoms with Crippen molar-refractivity contribution in [1.82, 2.24) is 0 Å². The zero-order valence-electron chi connectivity index (χ0n) is 26.6. The third-order valence-corrected chi connectivity index (χ3v) is 9.33. The maximum absolute atomic E-state index is 12.6. The van der Waals surface area contributed by atoms with Crippen LogP contribution in [0.4, 0.5) is 0 Å². The van der Waals surface area contributed by atoms with Crippen LogP contribution in [0.5, 0.6) is 0 Å². The highest BCUT2D eigenvalue weighted by Crippen LogP contribution is 2.30. The van der Waals surface area contributed by atoms with Crippen LogP contribution in [0.3, 0.4) is 0 Å². The van der Waals surface area contributed by atoms with E-state index >= 15 is 0 Å². The van der Waals surface area contributed by atoms with Gasteiger partial charge in [-0.3, -0.25) is 4.79 Å². The fourth-order valence-corrected chi connectivity index (χ4v) is 6.81. The van der Waals surface area contributed by atoms with Crippen molar-refractivity contribution in [2.75, 3.05) is 0 Å². The minimum Gasteiger partial charge on any atom is -0.455 e. The standard InChI is InChI=1S/C35H60O7/c1-3-4-5-6-7-8-9-10-11-12-19-31(37)33-21-22-34(42-33)32(38)20-14-13-16-28(36)25-30-18-15-17-29(41-30)24-27-23-26(2)40-35(27)39/h23,26,29-34,37-38H,3-22,24-25H2,1-2H3/t26-,29-,30+,31+,32+,33+,34+/m0/s1. The van der Waals surface area contributed by atoms with Crippen molar-refractivity contribution >= 4 is 11.8 Å². The second-order valence-electron chi connectivity index (χ2n) is 13.2. The summed E-state index contributed by atoms with van der Waals surface area (Å²) in [7, 11) is 0. The molecule has 0 aromatic carbocycles. The summed E-state index contributed by atoms with van der Waals surface area (Å²) in [5, 5.41) is 21.3. The number of aliphatic hydroxyl groups is 2. The quantitative estimate of drug-likeness (QED) is 0.101. The van der Waals surface area contributed by atoms with Crippen molar-refractivity contribution in [1.29, 1.82) is 0 Å². The Bertz CT molecular complexity index is 811. The predicted molar refractivity (Wildman–Crippen MR) is 165 cm³/mol. The molecule has 7 atom stereocenters. The molecular formula is C35H60O7. The lowest BCUT2D eigenvalue weighted by molar-refractivity contribution is -0.140. The van der Waals surface area contributed by atoms with E-state index in [1.807, 2.05) is 13.0 Å². The van der Waals surface area contributed by atoms with Gasteiger partial charge in [0.2, 0.25) is 0 Å². The first-order valence-electron chi connectivity index (χ1n) is 17.5. The molecule has 3 heterocycles. The summed E-state index contributed by atoms with van der Waals surface area (Å²) in [5.41, 5.74) is 0.694. The van der Waals surface area contributed by atoms with Crippen LogP contribution in [0.2, 0.25) is 0 Å². The lowest BCUT2D eigenvalue weighted by Gasteiger charge is -2.30. The Morgan fingerprint density at radius 3 is 1.98 bits per heavy atom. The molecule has 0 saturated carbocycles. The maximum Gasteiger partial charge on any atom is 0.334 e. The number of rotatable bonds is 22. The Labute approximate surface area is 255 Å². The van der Waals surface area contributed by atoms with Gasteiger partial charge in [-0.05, 0) is 64.4 Å². The number of ether oxygens (including phenoxy) is 3. The molecule has 0 aromatic heterocycles. The van der Waals surface area contributed by atoms with Gasteiger partial charge in [0, 0.05) is 24.8 Å². The molecule has 0 spiro atoms. The van der Waals surface area contributed by atoms with Gasteiger partial charge in [0.1, 0.15) is 11.9 Å². The van der Waals surface area contributed by atoms with Crippen LogP contribution in [0.25, 0.3) is 0 Å². The highest BCUT2D eigenvalue weighted by atomic mass is 16.5. The minimum absolute atomic E-state index is 0.0283. The molecule has 0 unspecified atom stereocenters. The normalized spacial score (nSPS) is 27.6. The Balaban J connectivity index is 1.19. The van der Waals surface area contributed by atoms with Gasteiger partial charge >= 0.3 is 5.97 Å². The molecule has 3 aliphatic heterocycles. The van der Waals surface area contributed by atoms with Crippen molar-refractivity contribution in [3.8, 4) is 0 Å². The summed E-state index contributed by atoms with van der Waals surface area (Å²) in [4.78, 5) is 24.5. The fraction of sp³-hybridized carbons (Fsp3) is 0.886. The van der Waals surface area contributed by atoms with Crippen LogP contribution < -0.4 is 0 Å². The molecule has 0 bridgehead atoms. The van der Waals surface area contributed by atoms with Crippen LogP contribution in [0, 0.1) is 0 Å². The molecule has 7 nitrogen and oxygen atoms in total. The zero-order chi connectivity index (χ0) is 30.2. The molecular weight excluding hydrogens is 532 g/mol. The van der Waals surface area contributed by atoms with Crippen molar-refractivity contribution in [2.45, 2.75) is 198 Å². The molecule has 0 amide bonds. The topological polar surface area (TPSA) is 102 Å². The number of unbranched alkanes of at least 4 members (excludes halogenated alkanes) is 10. The zero-order valence-corrected chi connectivity index (χ0v) is 26.6. The van der Waals surface area contributed by atoms with Crippen LogP contribution in [-0.4, -0.2) is 64.7 Å². The van der Waals surface area contributed by atoms with E-state index in [1.54, 1.807) is 0 Å². The van der Waals surface area contributed by atoms with Crippen molar-refractivity contribution in [3.63, 3.8) is 0 Å². The number of hydrogen-bond donors (Lipinski definition) is 2.